The lowest BCUT2D eigenvalue weighted by Gasteiger charge is -2.21. The third kappa shape index (κ3) is 2.77. The van der Waals surface area contributed by atoms with Crippen LogP contribution in [-0.4, -0.2) is 23.3 Å². The monoisotopic (exact) mass is 255 g/mol. The maximum atomic E-state index is 7.47. The quantitative estimate of drug-likeness (QED) is 0.882. The summed E-state index contributed by atoms with van der Waals surface area (Å²) in [4.78, 5) is 6.36. The number of thioether (sulfide) groups is 1. The smallest absolute Gasteiger partial charge is 0.170 e. The van der Waals surface area contributed by atoms with E-state index >= 15 is 0 Å². The normalized spacial score (nSPS) is 14.3. The van der Waals surface area contributed by atoms with Gasteiger partial charge in [0.05, 0.1) is 5.75 Å². The standard InChI is InChI=1S/C11H13N3S.ClH/c1-2-14(9-6-4-3-5-7-9)11-13-10(12)8-15-11;/h3-7,12H,2,8H2,1H3;1H. The van der Waals surface area contributed by atoms with E-state index in [-0.39, 0.29) is 12.4 Å². The fraction of sp³-hybridized carbons (Fsp3) is 0.273. The molecule has 3 nitrogen and oxygen atoms in total. The Morgan fingerprint density at radius 3 is 2.56 bits per heavy atom. The van der Waals surface area contributed by atoms with Crippen LogP contribution in [0.5, 0.6) is 0 Å². The van der Waals surface area contributed by atoms with Crippen LogP contribution in [0.4, 0.5) is 5.69 Å². The zero-order chi connectivity index (χ0) is 10.7. The van der Waals surface area contributed by atoms with E-state index in [4.69, 9.17) is 5.41 Å². The fourth-order valence-electron chi connectivity index (χ4n) is 1.49. The molecule has 0 spiro atoms. The van der Waals surface area contributed by atoms with E-state index in [0.717, 1.165) is 17.4 Å². The van der Waals surface area contributed by atoms with Gasteiger partial charge >= 0.3 is 0 Å². The molecule has 86 valence electrons. The van der Waals surface area contributed by atoms with Crippen molar-refractivity contribution in [1.29, 1.82) is 5.41 Å². The lowest BCUT2D eigenvalue weighted by atomic mass is 10.3. The van der Waals surface area contributed by atoms with Crippen LogP contribution in [0.2, 0.25) is 0 Å². The van der Waals surface area contributed by atoms with Gasteiger partial charge in [-0.25, -0.2) is 4.99 Å². The van der Waals surface area contributed by atoms with E-state index < -0.39 is 0 Å². The molecule has 2 rings (SSSR count). The molecule has 1 aromatic rings. The van der Waals surface area contributed by atoms with Crippen molar-refractivity contribution < 1.29 is 0 Å². The number of hydrogen-bond donors (Lipinski definition) is 1. The van der Waals surface area contributed by atoms with Gasteiger partial charge in [0.15, 0.2) is 5.17 Å². The molecule has 0 fully saturated rings. The van der Waals surface area contributed by atoms with Crippen molar-refractivity contribution in [3.8, 4) is 0 Å². The Hall–Kier alpha value is -1.00. The molecule has 1 aliphatic heterocycles. The molecule has 0 atom stereocenters. The number of para-hydroxylation sites is 1. The number of benzene rings is 1. The second-order valence-corrected chi connectivity index (χ2v) is 4.15. The highest BCUT2D eigenvalue weighted by molar-refractivity contribution is 8.15. The van der Waals surface area contributed by atoms with Crippen LogP contribution in [0, 0.1) is 5.41 Å². The van der Waals surface area contributed by atoms with Gasteiger partial charge < -0.3 is 4.90 Å². The molecule has 1 aromatic carbocycles. The molecule has 0 bridgehead atoms. The Morgan fingerprint density at radius 1 is 1.38 bits per heavy atom. The summed E-state index contributed by atoms with van der Waals surface area (Å²) in [6.45, 7) is 2.97. The molecule has 0 aliphatic carbocycles. The van der Waals surface area contributed by atoms with Crippen molar-refractivity contribution in [3.63, 3.8) is 0 Å². The molecule has 16 heavy (non-hydrogen) atoms. The van der Waals surface area contributed by atoms with Crippen molar-refractivity contribution in [3.05, 3.63) is 30.3 Å². The zero-order valence-electron chi connectivity index (χ0n) is 9.01. The number of amidine groups is 2. The maximum Gasteiger partial charge on any atom is 0.170 e. The summed E-state index contributed by atoms with van der Waals surface area (Å²) in [7, 11) is 0. The Kier molecular flexibility index (Phi) is 4.83. The van der Waals surface area contributed by atoms with Gasteiger partial charge in [-0.2, -0.15) is 0 Å². The molecular formula is C11H14ClN3S. The Morgan fingerprint density at radius 2 is 2.06 bits per heavy atom. The van der Waals surface area contributed by atoms with E-state index in [2.05, 4.69) is 28.9 Å². The molecule has 0 aromatic heterocycles. The molecule has 1 aliphatic rings. The Labute approximate surface area is 106 Å². The van der Waals surface area contributed by atoms with Crippen LogP contribution in [0.3, 0.4) is 0 Å². The highest BCUT2D eigenvalue weighted by atomic mass is 35.5. The van der Waals surface area contributed by atoms with Crippen molar-refractivity contribution >= 4 is 40.9 Å². The first-order chi connectivity index (χ1) is 7.31. The van der Waals surface area contributed by atoms with Crippen molar-refractivity contribution in [2.75, 3.05) is 17.2 Å². The predicted molar refractivity (Wildman–Crippen MR) is 74.3 cm³/mol. The summed E-state index contributed by atoms with van der Waals surface area (Å²) in [6.07, 6.45) is 0. The molecule has 0 amide bonds. The number of anilines is 1. The van der Waals surface area contributed by atoms with Gasteiger partial charge in [0, 0.05) is 12.2 Å². The van der Waals surface area contributed by atoms with Crippen LogP contribution >= 0.6 is 24.2 Å². The molecule has 0 radical (unpaired) electrons. The predicted octanol–water partition coefficient (Wildman–Crippen LogP) is 3.01. The van der Waals surface area contributed by atoms with Crippen LogP contribution in [0.25, 0.3) is 0 Å². The lowest BCUT2D eigenvalue weighted by molar-refractivity contribution is 1.07. The van der Waals surface area contributed by atoms with Crippen molar-refractivity contribution in [2.45, 2.75) is 6.92 Å². The van der Waals surface area contributed by atoms with E-state index in [1.54, 1.807) is 11.8 Å². The van der Waals surface area contributed by atoms with Crippen LogP contribution in [0.1, 0.15) is 6.92 Å². The van der Waals surface area contributed by atoms with Gasteiger partial charge in [-0.3, -0.25) is 5.41 Å². The maximum absolute atomic E-state index is 7.47. The first kappa shape index (κ1) is 13.1. The average Bonchev–Trinajstić information content (AvgIpc) is 2.68. The first-order valence-electron chi connectivity index (χ1n) is 4.92. The highest BCUT2D eigenvalue weighted by Gasteiger charge is 2.18. The topological polar surface area (TPSA) is 39.5 Å². The largest absolute Gasteiger partial charge is 0.321 e. The molecule has 1 heterocycles. The Bertz CT molecular complexity index is 391. The van der Waals surface area contributed by atoms with E-state index in [1.807, 2.05) is 18.2 Å². The number of aliphatic imine (C=N–C) groups is 1. The number of halogens is 1. The van der Waals surface area contributed by atoms with Gasteiger partial charge in [-0.1, -0.05) is 30.0 Å². The van der Waals surface area contributed by atoms with Gasteiger partial charge in [-0.05, 0) is 19.1 Å². The van der Waals surface area contributed by atoms with Crippen LogP contribution in [-0.2, 0) is 0 Å². The minimum atomic E-state index is 0. The minimum absolute atomic E-state index is 0. The summed E-state index contributed by atoms with van der Waals surface area (Å²) in [5.74, 6) is 1.16. The van der Waals surface area contributed by atoms with Crippen molar-refractivity contribution in [1.82, 2.24) is 0 Å². The molecule has 5 heteroatoms. The third-order valence-electron chi connectivity index (χ3n) is 2.18. The summed E-state index contributed by atoms with van der Waals surface area (Å²) in [5.41, 5.74) is 1.14. The number of rotatable bonds is 2. The SMILES string of the molecule is CCN(C1=NC(=N)CS1)c1ccccc1.Cl. The second-order valence-electron chi connectivity index (χ2n) is 3.21. The molecular weight excluding hydrogens is 242 g/mol. The molecule has 0 saturated heterocycles. The summed E-state index contributed by atoms with van der Waals surface area (Å²) in [6, 6.07) is 10.2. The summed E-state index contributed by atoms with van der Waals surface area (Å²) < 4.78 is 0. The summed E-state index contributed by atoms with van der Waals surface area (Å²) >= 11 is 1.63. The number of hydrogen-bond acceptors (Lipinski definition) is 3. The third-order valence-corrected chi connectivity index (χ3v) is 3.17. The first-order valence-corrected chi connectivity index (χ1v) is 5.91. The lowest BCUT2D eigenvalue weighted by Crippen LogP contribution is -2.27. The number of nitrogens with zero attached hydrogens (tertiary/aromatic N) is 2. The summed E-state index contributed by atoms with van der Waals surface area (Å²) in [5, 5.41) is 8.41. The Balaban J connectivity index is 0.00000128. The average molecular weight is 256 g/mol. The number of nitrogens with one attached hydrogen (secondary N) is 1. The van der Waals surface area contributed by atoms with Gasteiger partial charge in [0.1, 0.15) is 5.84 Å². The van der Waals surface area contributed by atoms with Gasteiger partial charge in [0.25, 0.3) is 0 Å². The van der Waals surface area contributed by atoms with Crippen LogP contribution in [0.15, 0.2) is 35.3 Å². The minimum Gasteiger partial charge on any atom is -0.321 e. The fourth-order valence-corrected chi connectivity index (χ4v) is 2.38. The van der Waals surface area contributed by atoms with Gasteiger partial charge in [-0.15, -0.1) is 12.4 Å². The van der Waals surface area contributed by atoms with E-state index in [1.165, 1.54) is 0 Å². The molecule has 0 saturated carbocycles. The van der Waals surface area contributed by atoms with E-state index in [0.29, 0.717) is 11.6 Å². The highest BCUT2D eigenvalue weighted by Crippen LogP contribution is 2.22. The zero-order valence-corrected chi connectivity index (χ0v) is 10.6. The molecule has 1 N–H and O–H groups in total. The van der Waals surface area contributed by atoms with E-state index in [9.17, 15) is 0 Å². The van der Waals surface area contributed by atoms with Gasteiger partial charge in [0.2, 0.25) is 0 Å². The van der Waals surface area contributed by atoms with Crippen molar-refractivity contribution in [2.24, 2.45) is 4.99 Å². The second kappa shape index (κ2) is 5.92. The van der Waals surface area contributed by atoms with Crippen LogP contribution < -0.4 is 4.90 Å². The molecule has 0 unspecified atom stereocenters.